The minimum atomic E-state index is -0.225. The van der Waals surface area contributed by atoms with Gasteiger partial charge in [-0.15, -0.1) is 0 Å². The molecule has 0 spiro atoms. The number of aliphatic imine (C=N–C) groups is 4. The zero-order valence-electron chi connectivity index (χ0n) is 44.2. The molecule has 0 unspecified atom stereocenters. The Morgan fingerprint density at radius 2 is 0.512 bits per heavy atom. The van der Waals surface area contributed by atoms with Crippen molar-refractivity contribution in [1.29, 1.82) is 0 Å². The smallest absolute Gasteiger partial charge is 0.870 e. The molecule has 32 nitrogen and oxygen atoms in total. The molecule has 0 atom stereocenters. The number of benzene rings is 4. The van der Waals surface area contributed by atoms with Crippen LogP contribution < -0.4 is 39.4 Å². The van der Waals surface area contributed by atoms with E-state index in [4.69, 9.17) is 95.5 Å². The maximum absolute atomic E-state index is 12.1. The van der Waals surface area contributed by atoms with Crippen LogP contribution >= 0.6 is 0 Å². The Hall–Kier alpha value is -6.75. The number of aliphatic hydroxyl groups is 2. The standard InChI is InChI=1S/2C21H26N2O4.2CH4O.2Cu.2Lu.6N3/c2*1-21(2,13-22-11-15-7-5-9-17(26-3)19(15)24)14-23-12-16-8-6-10-18(27-4)20(16)25;2*1-2;;;;;6*1-3-2/h2*5-12,24-25H,13-14H2,1-4H3;2*2H,1H3;;;;;;;;;;/q;;;;2*+2;2*+3;6*-1/p-4. The summed E-state index contributed by atoms with van der Waals surface area (Å²) in [6, 6.07) is 20.4. The van der Waals surface area contributed by atoms with Crippen LogP contribution in [-0.2, 0) is 34.1 Å². The van der Waals surface area contributed by atoms with E-state index in [0.717, 1.165) is 14.2 Å². The van der Waals surface area contributed by atoms with E-state index in [2.05, 4.69) is 20.0 Å². The Labute approximate surface area is 541 Å². The van der Waals surface area contributed by atoms with Gasteiger partial charge in [0.1, 0.15) is 23.0 Å². The Kier molecular flexibility index (Phi) is 77.4. The second-order valence-corrected chi connectivity index (χ2v) is 14.3. The third-order valence-electron chi connectivity index (χ3n) is 7.92. The first-order chi connectivity index (χ1) is 36.2. The van der Waals surface area contributed by atoms with Gasteiger partial charge in [-0.3, -0.25) is 49.4 Å². The molecule has 0 saturated carbocycles. The van der Waals surface area contributed by atoms with Crippen LogP contribution in [0.15, 0.2) is 92.8 Å². The third kappa shape index (κ3) is 48.4. The van der Waals surface area contributed by atoms with Crippen LogP contribution in [0.1, 0.15) is 49.9 Å². The van der Waals surface area contributed by atoms with Crippen LogP contribution in [0.2, 0.25) is 0 Å². The molecule has 0 aromatic heterocycles. The molecule has 4 rings (SSSR count). The maximum Gasteiger partial charge on any atom is 3.00 e. The molecule has 0 amide bonds. The van der Waals surface area contributed by atoms with Crippen LogP contribution in [0, 0.1) is 84.6 Å². The van der Waals surface area contributed by atoms with Crippen LogP contribution in [0.3, 0.4) is 0 Å². The minimum Gasteiger partial charge on any atom is -0.870 e. The predicted molar refractivity (Wildman–Crippen MR) is 284 cm³/mol. The molecule has 36 heteroatoms. The fourth-order valence-electron chi connectivity index (χ4n) is 4.85. The molecule has 0 aliphatic carbocycles. The van der Waals surface area contributed by atoms with Gasteiger partial charge in [0.15, 0.2) is 0 Å². The van der Waals surface area contributed by atoms with Crippen LogP contribution in [0.5, 0.6) is 46.0 Å². The van der Waals surface area contributed by atoms with Crippen molar-refractivity contribution in [2.45, 2.75) is 27.7 Å². The maximum atomic E-state index is 12.1. The van der Waals surface area contributed by atoms with Crippen molar-refractivity contribution in [3.8, 4) is 46.0 Å². The molecular weight excluding hydrogens is 1470 g/mol. The minimum absolute atomic E-state index is 0. The number of para-hydroxylation sites is 4. The van der Waals surface area contributed by atoms with E-state index in [0.29, 0.717) is 71.4 Å². The number of hydrogen-bond donors (Lipinski definition) is 2. The average Bonchev–Trinajstić information content (AvgIpc) is 3.39. The molecule has 4 aromatic carbocycles. The summed E-state index contributed by atoms with van der Waals surface area (Å²) in [5.41, 5.74) is 82.5. The van der Waals surface area contributed by atoms with Crippen LogP contribution in [0.25, 0.3) is 95.8 Å². The van der Waals surface area contributed by atoms with Gasteiger partial charge in [0, 0.05) is 76.1 Å². The molecule has 80 heavy (non-hydrogen) atoms. The van der Waals surface area contributed by atoms with Crippen molar-refractivity contribution in [2.75, 3.05) is 68.8 Å². The van der Waals surface area contributed by atoms with Gasteiger partial charge in [0.25, 0.3) is 0 Å². The molecule has 2 radical (unpaired) electrons. The molecule has 0 saturated heterocycles. The van der Waals surface area contributed by atoms with Gasteiger partial charge in [0.05, 0.1) is 28.4 Å². The van der Waals surface area contributed by atoms with Gasteiger partial charge in [-0.2, -0.15) is 0 Å². The van der Waals surface area contributed by atoms with Crippen molar-refractivity contribution >= 4 is 24.9 Å². The molecule has 4 aromatic rings. The summed E-state index contributed by atoms with van der Waals surface area (Å²) in [5.74, 6) is 0.482. The van der Waals surface area contributed by atoms with E-state index < -0.39 is 0 Å². The van der Waals surface area contributed by atoms with E-state index >= 15 is 0 Å². The van der Waals surface area contributed by atoms with Crippen molar-refractivity contribution in [3.05, 3.63) is 191 Å². The molecule has 0 fully saturated rings. The average molecular weight is 1530 g/mol. The Morgan fingerprint density at radius 1 is 0.375 bits per heavy atom. The Balaban J connectivity index is -0.000000108. The predicted octanol–water partition coefficient (Wildman–Crippen LogP) is 9.24. The van der Waals surface area contributed by atoms with Crippen LogP contribution in [-0.4, -0.2) is 104 Å². The van der Waals surface area contributed by atoms with Crippen molar-refractivity contribution in [3.63, 3.8) is 0 Å². The number of ether oxygens (including phenoxy) is 4. The summed E-state index contributed by atoms with van der Waals surface area (Å²) in [6.07, 6.45) is 6.25. The van der Waals surface area contributed by atoms with E-state index in [-0.39, 0.29) is 142 Å². The number of methoxy groups -OCH3 is 4. The van der Waals surface area contributed by atoms with E-state index in [1.807, 2.05) is 27.7 Å². The summed E-state index contributed by atoms with van der Waals surface area (Å²) in [7, 11) is 7.87. The number of rotatable bonds is 16. The molecular formula is C44H56Cu2Lu2N22O10. The number of nitrogens with zero attached hydrogens (tertiary/aromatic N) is 22. The van der Waals surface area contributed by atoms with E-state index in [9.17, 15) is 20.4 Å². The third-order valence-corrected chi connectivity index (χ3v) is 7.92. The summed E-state index contributed by atoms with van der Waals surface area (Å²) >= 11 is 0. The largest absolute Gasteiger partial charge is 3.00 e. The first-order valence-electron chi connectivity index (χ1n) is 20.4. The number of hydrogen-bond acceptors (Lipinski definition) is 14. The summed E-state index contributed by atoms with van der Waals surface area (Å²) in [5, 5.41) is 62.4. The molecule has 0 heterocycles. The van der Waals surface area contributed by atoms with Crippen molar-refractivity contribution in [1.82, 2.24) is 0 Å². The fraction of sp³-hybridized carbons (Fsp3) is 0.364. The van der Waals surface area contributed by atoms with Gasteiger partial charge in [-0.05, 0) is 46.5 Å². The molecule has 0 bridgehead atoms. The Morgan fingerprint density at radius 3 is 0.637 bits per heavy atom. The first kappa shape index (κ1) is 95.6. The first-order valence-corrected chi connectivity index (χ1v) is 20.4. The van der Waals surface area contributed by atoms with Gasteiger partial charge in [-0.1, -0.05) is 99.2 Å². The SMILES string of the molecule is CO.CO.COc1cccc(C=NCC(C)(C)CN=Cc2cccc(OC)c2[O-])c1[O-].COc1cccc(C=NCC(C)(C)CN=Cc2cccc(OC)c2[O-])c1[O-].[Cu+2].[Cu+2].[Lu+3].[Lu+3].[N-]=[N+]=[N-].[N-]=[N+]=[N-].[N-]=[N+]=[N-].[N-]=[N+]=[N-].[N-]=[N+]=[N-].[N-]=[N+]=[N-]. The summed E-state index contributed by atoms with van der Waals surface area (Å²) in [4.78, 5) is 26.5. The summed E-state index contributed by atoms with van der Waals surface area (Å²) < 4.78 is 20.1. The van der Waals surface area contributed by atoms with Crippen molar-refractivity contribution < 1.29 is 157 Å². The number of aliphatic hydroxyl groups excluding tert-OH is 2. The van der Waals surface area contributed by atoms with Gasteiger partial charge in [0.2, 0.25) is 0 Å². The molecule has 0 aliphatic rings. The second-order valence-electron chi connectivity index (χ2n) is 14.3. The van der Waals surface area contributed by atoms with Gasteiger partial charge >= 0.3 is 108 Å². The fourth-order valence-corrected chi connectivity index (χ4v) is 4.85. The van der Waals surface area contributed by atoms with E-state index in [1.54, 1.807) is 97.7 Å². The quantitative estimate of drug-likeness (QED) is 0.0352. The van der Waals surface area contributed by atoms with E-state index in [1.165, 1.54) is 57.9 Å². The zero-order chi connectivity index (χ0) is 60.0. The molecule has 0 aliphatic heterocycles. The van der Waals surface area contributed by atoms with Crippen LogP contribution in [0.4, 0.5) is 0 Å². The Bertz CT molecular complexity index is 2220. The zero-order valence-corrected chi connectivity index (χ0v) is 49.4. The second kappa shape index (κ2) is 64.8. The van der Waals surface area contributed by atoms with Gasteiger partial charge < -0.3 is 116 Å². The topological polar surface area (TPSA) is 571 Å². The molecule has 2 N–H and O–H groups in total. The van der Waals surface area contributed by atoms with Crippen molar-refractivity contribution in [2.24, 2.45) is 30.8 Å². The molecule has 454 valence electrons. The normalized spacial score (nSPS) is 8.85. The monoisotopic (exact) mass is 1530 g/mol. The van der Waals surface area contributed by atoms with Gasteiger partial charge in [-0.25, -0.2) is 0 Å². The summed E-state index contributed by atoms with van der Waals surface area (Å²) in [6.45, 7) is 10.0.